The van der Waals surface area contributed by atoms with Crippen molar-refractivity contribution in [3.63, 3.8) is 0 Å². The number of sulfonamides is 1. The molecule has 2 aromatic rings. The molecule has 9 heteroatoms. The van der Waals surface area contributed by atoms with Crippen molar-refractivity contribution < 1.29 is 18.1 Å². The number of carbonyl (C=O) groups is 1. The number of para-hydroxylation sites is 1. The maximum Gasteiger partial charge on any atom is 0.273 e. The summed E-state index contributed by atoms with van der Waals surface area (Å²) in [6.07, 6.45) is 0.858. The maximum atomic E-state index is 12.9. The highest BCUT2D eigenvalue weighted by Gasteiger charge is 2.31. The molecule has 1 heterocycles. The van der Waals surface area contributed by atoms with Crippen molar-refractivity contribution in [2.75, 3.05) is 18.4 Å². The molecule has 1 aliphatic heterocycles. The lowest BCUT2D eigenvalue weighted by atomic mass is 9.94. The SMILES string of the molecule is CC1CC(C)CN(S(=O)(=O)c2ccc(NC(=O)Cc3ccccc3[N+](=O)[O-])cc2)C1. The number of nitro benzene ring substituents is 1. The number of carbonyl (C=O) groups excluding carboxylic acids is 1. The van der Waals surface area contributed by atoms with E-state index in [-0.39, 0.29) is 17.0 Å². The van der Waals surface area contributed by atoms with E-state index in [1.165, 1.54) is 40.7 Å². The van der Waals surface area contributed by atoms with Gasteiger partial charge in [-0.2, -0.15) is 4.31 Å². The highest BCUT2D eigenvalue weighted by atomic mass is 32.2. The number of anilines is 1. The van der Waals surface area contributed by atoms with Crippen LogP contribution in [0.1, 0.15) is 25.8 Å². The third kappa shape index (κ3) is 5.03. The van der Waals surface area contributed by atoms with E-state index >= 15 is 0 Å². The van der Waals surface area contributed by atoms with E-state index in [2.05, 4.69) is 5.32 Å². The van der Waals surface area contributed by atoms with Gasteiger partial charge in [0, 0.05) is 30.4 Å². The first-order valence-electron chi connectivity index (χ1n) is 9.79. The fraction of sp³-hybridized carbons (Fsp3) is 0.381. The van der Waals surface area contributed by atoms with E-state index in [0.717, 1.165) is 6.42 Å². The monoisotopic (exact) mass is 431 g/mol. The van der Waals surface area contributed by atoms with E-state index in [1.54, 1.807) is 12.1 Å². The van der Waals surface area contributed by atoms with Crippen molar-refractivity contribution in [1.29, 1.82) is 0 Å². The van der Waals surface area contributed by atoms with Gasteiger partial charge in [0.1, 0.15) is 0 Å². The molecule has 2 aromatic carbocycles. The van der Waals surface area contributed by atoms with Gasteiger partial charge in [-0.25, -0.2) is 8.42 Å². The van der Waals surface area contributed by atoms with Gasteiger partial charge in [0.25, 0.3) is 5.69 Å². The molecule has 2 unspecified atom stereocenters. The Morgan fingerprint density at radius 1 is 1.10 bits per heavy atom. The van der Waals surface area contributed by atoms with Crippen molar-refractivity contribution in [2.45, 2.75) is 31.6 Å². The summed E-state index contributed by atoms with van der Waals surface area (Å²) >= 11 is 0. The molecule has 1 amide bonds. The summed E-state index contributed by atoms with van der Waals surface area (Å²) in [5, 5.41) is 13.7. The standard InChI is InChI=1S/C21H25N3O5S/c1-15-11-16(2)14-23(13-15)30(28,29)19-9-7-18(8-10-19)22-21(25)12-17-5-3-4-6-20(17)24(26)27/h3-10,15-16H,11-14H2,1-2H3,(H,22,25). The molecule has 8 nitrogen and oxygen atoms in total. The summed E-state index contributed by atoms with van der Waals surface area (Å²) in [5.41, 5.74) is 0.629. The molecule has 0 aliphatic carbocycles. The Morgan fingerprint density at radius 2 is 1.70 bits per heavy atom. The molecule has 30 heavy (non-hydrogen) atoms. The predicted molar refractivity (Wildman–Crippen MR) is 114 cm³/mol. The summed E-state index contributed by atoms with van der Waals surface area (Å²) in [6.45, 7) is 5.10. The Morgan fingerprint density at radius 3 is 2.30 bits per heavy atom. The number of hydrogen-bond donors (Lipinski definition) is 1. The molecular weight excluding hydrogens is 406 g/mol. The average Bonchev–Trinajstić information content (AvgIpc) is 2.68. The molecule has 0 spiro atoms. The first-order valence-corrected chi connectivity index (χ1v) is 11.2. The zero-order valence-corrected chi connectivity index (χ0v) is 17.8. The molecule has 1 saturated heterocycles. The number of benzene rings is 2. The molecule has 0 aromatic heterocycles. The smallest absolute Gasteiger partial charge is 0.273 e. The maximum absolute atomic E-state index is 12.9. The molecule has 2 atom stereocenters. The summed E-state index contributed by atoms with van der Waals surface area (Å²) in [5.74, 6) is 0.201. The third-order valence-electron chi connectivity index (χ3n) is 5.15. The van der Waals surface area contributed by atoms with Crippen LogP contribution < -0.4 is 5.32 Å². The molecule has 0 radical (unpaired) electrons. The highest BCUT2D eigenvalue weighted by Crippen LogP contribution is 2.27. The minimum Gasteiger partial charge on any atom is -0.326 e. The van der Waals surface area contributed by atoms with Gasteiger partial charge in [0.2, 0.25) is 15.9 Å². The van der Waals surface area contributed by atoms with E-state index in [1.807, 2.05) is 13.8 Å². The van der Waals surface area contributed by atoms with E-state index < -0.39 is 20.9 Å². The van der Waals surface area contributed by atoms with Crippen LogP contribution in [0.25, 0.3) is 0 Å². The van der Waals surface area contributed by atoms with Crippen molar-refractivity contribution in [3.8, 4) is 0 Å². The van der Waals surface area contributed by atoms with Crippen LogP contribution in [0.5, 0.6) is 0 Å². The van der Waals surface area contributed by atoms with Crippen molar-refractivity contribution in [2.24, 2.45) is 11.8 Å². The molecule has 0 bridgehead atoms. The quantitative estimate of drug-likeness (QED) is 0.556. The number of rotatable bonds is 6. The van der Waals surface area contributed by atoms with E-state index in [9.17, 15) is 23.3 Å². The van der Waals surface area contributed by atoms with Gasteiger partial charge >= 0.3 is 0 Å². The second-order valence-corrected chi connectivity index (χ2v) is 9.84. The first kappa shape index (κ1) is 21.9. The van der Waals surface area contributed by atoms with Gasteiger partial charge in [0.15, 0.2) is 0 Å². The zero-order valence-electron chi connectivity index (χ0n) is 16.9. The Balaban J connectivity index is 1.69. The van der Waals surface area contributed by atoms with Crippen molar-refractivity contribution in [1.82, 2.24) is 4.31 Å². The zero-order chi connectivity index (χ0) is 21.9. The largest absolute Gasteiger partial charge is 0.326 e. The first-order chi connectivity index (χ1) is 14.2. The number of nitrogens with zero attached hydrogens (tertiary/aromatic N) is 2. The second-order valence-electron chi connectivity index (χ2n) is 7.90. The van der Waals surface area contributed by atoms with Crippen LogP contribution in [0, 0.1) is 22.0 Å². The van der Waals surface area contributed by atoms with Gasteiger partial charge in [-0.1, -0.05) is 32.0 Å². The number of hydrogen-bond acceptors (Lipinski definition) is 5. The van der Waals surface area contributed by atoms with Crippen LogP contribution >= 0.6 is 0 Å². The van der Waals surface area contributed by atoms with Crippen LogP contribution in [0.2, 0.25) is 0 Å². The van der Waals surface area contributed by atoms with Gasteiger partial charge < -0.3 is 5.32 Å². The van der Waals surface area contributed by atoms with Crippen molar-refractivity contribution in [3.05, 3.63) is 64.2 Å². The summed E-state index contributed by atoms with van der Waals surface area (Å²) in [6, 6.07) is 12.1. The molecule has 0 saturated carbocycles. The minimum absolute atomic E-state index is 0.112. The lowest BCUT2D eigenvalue weighted by Crippen LogP contribution is -2.42. The van der Waals surface area contributed by atoms with E-state index in [0.29, 0.717) is 36.2 Å². The minimum atomic E-state index is -3.59. The molecule has 1 fully saturated rings. The molecule has 160 valence electrons. The summed E-state index contributed by atoms with van der Waals surface area (Å²) in [4.78, 5) is 23.0. The van der Waals surface area contributed by atoms with Crippen molar-refractivity contribution >= 4 is 27.3 Å². The topological polar surface area (TPSA) is 110 Å². The van der Waals surface area contributed by atoms with Gasteiger partial charge in [-0.15, -0.1) is 0 Å². The number of amides is 1. The van der Waals surface area contributed by atoms with Crippen LogP contribution in [-0.4, -0.2) is 36.6 Å². The van der Waals surface area contributed by atoms with Gasteiger partial charge in [-0.05, 0) is 42.5 Å². The van der Waals surface area contributed by atoms with Crippen LogP contribution in [0.4, 0.5) is 11.4 Å². The molecular formula is C21H25N3O5S. The highest BCUT2D eigenvalue weighted by molar-refractivity contribution is 7.89. The predicted octanol–water partition coefficient (Wildman–Crippen LogP) is 3.44. The lowest BCUT2D eigenvalue weighted by Gasteiger charge is -2.34. The Kier molecular flexibility index (Phi) is 6.52. The van der Waals surface area contributed by atoms with Crippen LogP contribution in [0.3, 0.4) is 0 Å². The molecule has 1 N–H and O–H groups in total. The fourth-order valence-electron chi connectivity index (χ4n) is 3.88. The Hall–Kier alpha value is -2.78. The summed E-state index contributed by atoms with van der Waals surface area (Å²) in [7, 11) is -3.59. The van der Waals surface area contributed by atoms with E-state index in [4.69, 9.17) is 0 Å². The lowest BCUT2D eigenvalue weighted by molar-refractivity contribution is -0.385. The number of nitrogens with one attached hydrogen (secondary N) is 1. The van der Waals surface area contributed by atoms with Crippen LogP contribution in [-0.2, 0) is 21.2 Å². The average molecular weight is 432 g/mol. The Labute approximate surface area is 176 Å². The second kappa shape index (κ2) is 8.93. The Bertz CT molecular complexity index is 1030. The molecule has 3 rings (SSSR count). The normalized spacial score (nSPS) is 19.9. The van der Waals surface area contributed by atoms with Gasteiger partial charge in [0.05, 0.1) is 16.2 Å². The van der Waals surface area contributed by atoms with Gasteiger partial charge in [-0.3, -0.25) is 14.9 Å². The molecule has 1 aliphatic rings. The third-order valence-corrected chi connectivity index (χ3v) is 7.00. The summed E-state index contributed by atoms with van der Waals surface area (Å²) < 4.78 is 27.4. The fourth-order valence-corrected chi connectivity index (χ4v) is 5.56. The number of piperidine rings is 1. The number of nitro groups is 1. The van der Waals surface area contributed by atoms with Crippen LogP contribution in [0.15, 0.2) is 53.4 Å².